The Hall–Kier alpha value is -2.92. The number of aromatic nitrogens is 4. The van der Waals surface area contributed by atoms with Crippen LogP contribution >= 0.6 is 0 Å². The number of aliphatic hydroxyl groups is 1. The van der Waals surface area contributed by atoms with Crippen molar-refractivity contribution in [3.05, 3.63) is 94.1 Å². The zero-order chi connectivity index (χ0) is 24.5. The van der Waals surface area contributed by atoms with Crippen LogP contribution in [0, 0.1) is 0 Å². The maximum Gasteiger partial charge on any atom is 0.0497 e. The first-order valence-electron chi connectivity index (χ1n) is 12.3. The Bertz CT molecular complexity index is 1230. The standard InChI is InChI=1S/C29H38N4O/c1-26(2)18-8-10-20(30-18)27(3,4)22-12-14-24(32-22)29(7,16-17-34)25-15-13-23(33-25)28(5,6)21-11-9-19(26)31-21/h8-15,30-34H,16-17H2,1-7H3. The molecule has 34 heavy (non-hydrogen) atoms. The lowest BCUT2D eigenvalue weighted by Crippen LogP contribution is -2.28. The molecule has 5 heterocycles. The third-order valence-electron chi connectivity index (χ3n) is 8.58. The SMILES string of the molecule is CC1(C)c2ccc([nH]2)C(C)(C)c2ccc([nH]2)C(C)(CCO)c2ccc([nH]2)C(C)(C)c2ccc1[nH]2. The van der Waals surface area contributed by atoms with E-state index in [-0.39, 0.29) is 28.3 Å². The summed E-state index contributed by atoms with van der Waals surface area (Å²) in [4.78, 5) is 15.0. The number of aromatic amines is 4. The first-order valence-corrected chi connectivity index (χ1v) is 12.3. The van der Waals surface area contributed by atoms with E-state index in [1.165, 1.54) is 22.8 Å². The Morgan fingerprint density at radius 3 is 0.971 bits per heavy atom. The third kappa shape index (κ3) is 3.17. The molecule has 0 unspecified atom stereocenters. The Labute approximate surface area is 202 Å². The zero-order valence-corrected chi connectivity index (χ0v) is 21.5. The quantitative estimate of drug-likeness (QED) is 0.252. The molecule has 5 N–H and O–H groups in total. The molecule has 8 bridgehead atoms. The fourth-order valence-electron chi connectivity index (χ4n) is 5.48. The van der Waals surface area contributed by atoms with Gasteiger partial charge in [0, 0.05) is 73.8 Å². The summed E-state index contributed by atoms with van der Waals surface area (Å²) in [7, 11) is 0. The minimum atomic E-state index is -0.363. The van der Waals surface area contributed by atoms with Gasteiger partial charge in [-0.05, 0) is 103 Å². The molecule has 5 nitrogen and oxygen atoms in total. The number of hydrogen-bond donors (Lipinski definition) is 5. The normalized spacial score (nSPS) is 19.8. The highest BCUT2D eigenvalue weighted by atomic mass is 16.3. The zero-order valence-electron chi connectivity index (χ0n) is 21.5. The molecule has 0 spiro atoms. The average molecular weight is 459 g/mol. The highest BCUT2D eigenvalue weighted by Crippen LogP contribution is 2.41. The van der Waals surface area contributed by atoms with Crippen LogP contribution in [0.25, 0.3) is 0 Å². The lowest BCUT2D eigenvalue weighted by atomic mass is 9.80. The van der Waals surface area contributed by atoms with Crippen LogP contribution in [0.3, 0.4) is 0 Å². The van der Waals surface area contributed by atoms with E-state index in [0.29, 0.717) is 6.42 Å². The van der Waals surface area contributed by atoms with Gasteiger partial charge < -0.3 is 25.0 Å². The van der Waals surface area contributed by atoms with Crippen molar-refractivity contribution in [1.29, 1.82) is 0 Å². The van der Waals surface area contributed by atoms with Gasteiger partial charge in [0.2, 0.25) is 0 Å². The van der Waals surface area contributed by atoms with E-state index in [2.05, 4.69) is 117 Å². The van der Waals surface area contributed by atoms with E-state index >= 15 is 0 Å². The second kappa shape index (κ2) is 7.29. The van der Waals surface area contributed by atoms with Gasteiger partial charge in [-0.3, -0.25) is 0 Å². The van der Waals surface area contributed by atoms with E-state index in [1.807, 2.05) is 0 Å². The van der Waals surface area contributed by atoms with Crippen LogP contribution in [0.1, 0.15) is 100 Å². The van der Waals surface area contributed by atoms with E-state index in [4.69, 9.17) is 0 Å². The van der Waals surface area contributed by atoms with Gasteiger partial charge in [-0.2, -0.15) is 0 Å². The summed E-state index contributed by atoms with van der Waals surface area (Å²) in [6, 6.07) is 17.6. The second-order valence-electron chi connectivity index (χ2n) is 11.8. The highest BCUT2D eigenvalue weighted by Gasteiger charge is 2.37. The fourth-order valence-corrected chi connectivity index (χ4v) is 5.48. The van der Waals surface area contributed by atoms with E-state index in [0.717, 1.165) is 22.8 Å². The minimum Gasteiger partial charge on any atom is -0.396 e. The number of rotatable bonds is 2. The van der Waals surface area contributed by atoms with Crippen LogP contribution in [0.4, 0.5) is 0 Å². The topological polar surface area (TPSA) is 83.4 Å². The van der Waals surface area contributed by atoms with Crippen LogP contribution in [-0.4, -0.2) is 31.6 Å². The monoisotopic (exact) mass is 458 g/mol. The van der Waals surface area contributed by atoms with Gasteiger partial charge in [-0.1, -0.05) is 0 Å². The number of fused-ring (bicyclic) bond motifs is 8. The summed E-state index contributed by atoms with van der Waals surface area (Å²) < 4.78 is 0. The minimum absolute atomic E-state index is 0.112. The molecule has 0 radical (unpaired) electrons. The molecule has 4 aromatic rings. The van der Waals surface area contributed by atoms with Crippen molar-refractivity contribution in [2.24, 2.45) is 0 Å². The summed E-state index contributed by atoms with van der Waals surface area (Å²) in [6.07, 6.45) is 0.626. The number of hydrogen-bond acceptors (Lipinski definition) is 1. The molecule has 1 aliphatic rings. The van der Waals surface area contributed by atoms with Crippen LogP contribution in [0.15, 0.2) is 48.5 Å². The molecular formula is C29H38N4O. The number of aliphatic hydroxyl groups excluding tert-OH is 1. The Morgan fingerprint density at radius 2 is 0.706 bits per heavy atom. The van der Waals surface area contributed by atoms with Gasteiger partial charge in [0.15, 0.2) is 0 Å². The van der Waals surface area contributed by atoms with Crippen LogP contribution < -0.4 is 0 Å². The molecule has 0 aliphatic carbocycles. The van der Waals surface area contributed by atoms with Crippen molar-refractivity contribution >= 4 is 0 Å². The first-order chi connectivity index (χ1) is 15.9. The summed E-state index contributed by atoms with van der Waals surface area (Å²) in [6.45, 7) is 15.8. The maximum absolute atomic E-state index is 10.0. The van der Waals surface area contributed by atoms with Crippen molar-refractivity contribution in [2.45, 2.75) is 76.5 Å². The van der Waals surface area contributed by atoms with Crippen molar-refractivity contribution in [2.75, 3.05) is 6.61 Å². The fraction of sp³-hybridized carbons (Fsp3) is 0.448. The first kappa shape index (κ1) is 22.9. The molecule has 180 valence electrons. The van der Waals surface area contributed by atoms with Crippen molar-refractivity contribution in [1.82, 2.24) is 19.9 Å². The summed E-state index contributed by atoms with van der Waals surface area (Å²) >= 11 is 0. The molecule has 4 aromatic heterocycles. The van der Waals surface area contributed by atoms with Crippen molar-refractivity contribution < 1.29 is 5.11 Å². The molecule has 0 saturated carbocycles. The Balaban J connectivity index is 1.77. The van der Waals surface area contributed by atoms with Crippen LogP contribution in [0.5, 0.6) is 0 Å². The van der Waals surface area contributed by atoms with E-state index < -0.39 is 0 Å². The highest BCUT2D eigenvalue weighted by molar-refractivity contribution is 5.43. The largest absolute Gasteiger partial charge is 0.396 e. The average Bonchev–Trinajstić information content (AvgIpc) is 3.57. The molecular weight excluding hydrogens is 420 g/mol. The predicted octanol–water partition coefficient (Wildman–Crippen LogP) is 5.98. The van der Waals surface area contributed by atoms with Gasteiger partial charge in [0.25, 0.3) is 0 Å². The summed E-state index contributed by atoms with van der Waals surface area (Å²) in [5.74, 6) is 0. The predicted molar refractivity (Wildman–Crippen MR) is 138 cm³/mol. The molecule has 0 amide bonds. The smallest absolute Gasteiger partial charge is 0.0497 e. The molecule has 5 rings (SSSR count). The summed E-state index contributed by atoms with van der Waals surface area (Å²) in [5.41, 5.74) is 8.23. The number of H-pyrrole nitrogens is 4. The van der Waals surface area contributed by atoms with Crippen molar-refractivity contribution in [3.63, 3.8) is 0 Å². The van der Waals surface area contributed by atoms with Gasteiger partial charge in [0.1, 0.15) is 0 Å². The van der Waals surface area contributed by atoms with Crippen LogP contribution in [-0.2, 0) is 21.7 Å². The Kier molecular flexibility index (Phi) is 4.90. The van der Waals surface area contributed by atoms with Gasteiger partial charge in [-0.25, -0.2) is 0 Å². The third-order valence-corrected chi connectivity index (χ3v) is 8.58. The van der Waals surface area contributed by atoms with Gasteiger partial charge in [0.05, 0.1) is 0 Å². The molecule has 5 heteroatoms. The Morgan fingerprint density at radius 1 is 0.471 bits per heavy atom. The van der Waals surface area contributed by atoms with Gasteiger partial charge in [-0.15, -0.1) is 0 Å². The van der Waals surface area contributed by atoms with E-state index in [9.17, 15) is 5.11 Å². The molecule has 0 atom stereocenters. The second-order valence-corrected chi connectivity index (χ2v) is 11.8. The van der Waals surface area contributed by atoms with Gasteiger partial charge >= 0.3 is 0 Å². The number of nitrogens with one attached hydrogen (secondary N) is 4. The lowest BCUT2D eigenvalue weighted by molar-refractivity contribution is 0.256. The summed E-state index contributed by atoms with van der Waals surface area (Å²) in [5, 5.41) is 10.0. The molecule has 1 aliphatic heterocycles. The van der Waals surface area contributed by atoms with Crippen molar-refractivity contribution in [3.8, 4) is 0 Å². The molecule has 0 fully saturated rings. The molecule has 0 saturated heterocycles. The lowest BCUT2D eigenvalue weighted by Gasteiger charge is -2.30. The van der Waals surface area contributed by atoms with E-state index in [1.54, 1.807) is 0 Å². The van der Waals surface area contributed by atoms with Crippen LogP contribution in [0.2, 0.25) is 0 Å². The maximum atomic E-state index is 10.0. The molecule has 0 aromatic carbocycles.